The van der Waals surface area contributed by atoms with E-state index in [1.807, 2.05) is 18.2 Å². The Morgan fingerprint density at radius 2 is 2.00 bits per heavy atom. The molecular weight excluding hydrogens is 248 g/mol. The van der Waals surface area contributed by atoms with Gasteiger partial charge < -0.3 is 15.4 Å². The SMILES string of the molecule is CCCCN(C)CC1C(N)c2ccccc2OC1(C)C. The Hall–Kier alpha value is -1.06. The molecule has 0 aromatic heterocycles. The zero-order valence-corrected chi connectivity index (χ0v) is 13.2. The smallest absolute Gasteiger partial charge is 0.124 e. The van der Waals surface area contributed by atoms with E-state index >= 15 is 0 Å². The van der Waals surface area contributed by atoms with Gasteiger partial charge in [-0.3, -0.25) is 0 Å². The van der Waals surface area contributed by atoms with Gasteiger partial charge in [0.1, 0.15) is 11.4 Å². The number of para-hydroxylation sites is 1. The molecule has 0 bridgehead atoms. The summed E-state index contributed by atoms with van der Waals surface area (Å²) in [5.41, 5.74) is 7.45. The average Bonchev–Trinajstić information content (AvgIpc) is 2.40. The highest BCUT2D eigenvalue weighted by atomic mass is 16.5. The zero-order chi connectivity index (χ0) is 14.8. The second kappa shape index (κ2) is 6.15. The summed E-state index contributed by atoms with van der Waals surface area (Å²) in [6.07, 6.45) is 2.46. The molecule has 3 nitrogen and oxygen atoms in total. The maximum Gasteiger partial charge on any atom is 0.124 e. The minimum atomic E-state index is -0.228. The minimum Gasteiger partial charge on any atom is -0.487 e. The van der Waals surface area contributed by atoms with E-state index in [1.54, 1.807) is 0 Å². The van der Waals surface area contributed by atoms with E-state index < -0.39 is 0 Å². The maximum absolute atomic E-state index is 6.54. The molecule has 2 unspecified atom stereocenters. The molecule has 0 amide bonds. The highest BCUT2D eigenvalue weighted by Gasteiger charge is 2.42. The summed E-state index contributed by atoms with van der Waals surface area (Å²) in [7, 11) is 2.18. The van der Waals surface area contributed by atoms with Crippen LogP contribution in [0.4, 0.5) is 0 Å². The molecule has 2 rings (SSSR count). The van der Waals surface area contributed by atoms with Crippen molar-refractivity contribution in [2.45, 2.75) is 45.3 Å². The van der Waals surface area contributed by atoms with E-state index in [4.69, 9.17) is 10.5 Å². The van der Waals surface area contributed by atoms with Gasteiger partial charge >= 0.3 is 0 Å². The fourth-order valence-electron chi connectivity index (χ4n) is 3.05. The van der Waals surface area contributed by atoms with Crippen molar-refractivity contribution in [2.75, 3.05) is 20.1 Å². The van der Waals surface area contributed by atoms with Gasteiger partial charge in [-0.05, 0) is 39.9 Å². The molecule has 0 fully saturated rings. The zero-order valence-electron chi connectivity index (χ0n) is 13.2. The van der Waals surface area contributed by atoms with Gasteiger partial charge in [0.15, 0.2) is 0 Å². The molecule has 0 aliphatic carbocycles. The summed E-state index contributed by atoms with van der Waals surface area (Å²) in [6.45, 7) is 8.63. The van der Waals surface area contributed by atoms with Gasteiger partial charge in [0.25, 0.3) is 0 Å². The van der Waals surface area contributed by atoms with Gasteiger partial charge in [-0.2, -0.15) is 0 Å². The predicted molar refractivity (Wildman–Crippen MR) is 84.0 cm³/mol. The number of ether oxygens (including phenoxy) is 1. The fourth-order valence-corrected chi connectivity index (χ4v) is 3.05. The third kappa shape index (κ3) is 3.15. The number of unbranched alkanes of at least 4 members (excludes halogenated alkanes) is 1. The Balaban J connectivity index is 2.16. The van der Waals surface area contributed by atoms with E-state index in [2.05, 4.69) is 38.8 Å². The highest BCUT2D eigenvalue weighted by molar-refractivity contribution is 5.39. The van der Waals surface area contributed by atoms with Crippen molar-refractivity contribution < 1.29 is 4.74 Å². The monoisotopic (exact) mass is 276 g/mol. The molecule has 20 heavy (non-hydrogen) atoms. The number of fused-ring (bicyclic) bond motifs is 1. The summed E-state index contributed by atoms with van der Waals surface area (Å²) in [4.78, 5) is 2.38. The number of hydrogen-bond donors (Lipinski definition) is 1. The summed E-state index contributed by atoms with van der Waals surface area (Å²) >= 11 is 0. The maximum atomic E-state index is 6.54. The molecular formula is C17H28N2O. The van der Waals surface area contributed by atoms with Gasteiger partial charge in [0.2, 0.25) is 0 Å². The van der Waals surface area contributed by atoms with Crippen molar-refractivity contribution in [3.8, 4) is 5.75 Å². The van der Waals surface area contributed by atoms with Gasteiger partial charge in [-0.25, -0.2) is 0 Å². The molecule has 1 aliphatic heterocycles. The van der Waals surface area contributed by atoms with Crippen molar-refractivity contribution >= 4 is 0 Å². The average molecular weight is 276 g/mol. The molecule has 3 heteroatoms. The highest BCUT2D eigenvalue weighted by Crippen LogP contribution is 2.42. The Morgan fingerprint density at radius 1 is 1.30 bits per heavy atom. The van der Waals surface area contributed by atoms with Gasteiger partial charge in [-0.15, -0.1) is 0 Å². The lowest BCUT2D eigenvalue weighted by molar-refractivity contribution is -0.00335. The van der Waals surface area contributed by atoms with Crippen LogP contribution in [0, 0.1) is 5.92 Å². The fraction of sp³-hybridized carbons (Fsp3) is 0.647. The van der Waals surface area contributed by atoms with Crippen molar-refractivity contribution in [2.24, 2.45) is 11.7 Å². The van der Waals surface area contributed by atoms with E-state index in [9.17, 15) is 0 Å². The second-order valence-electron chi connectivity index (χ2n) is 6.49. The molecule has 0 saturated heterocycles. The van der Waals surface area contributed by atoms with E-state index in [-0.39, 0.29) is 11.6 Å². The molecule has 2 N–H and O–H groups in total. The molecule has 1 aromatic rings. The molecule has 0 radical (unpaired) electrons. The quantitative estimate of drug-likeness (QED) is 0.897. The number of nitrogens with zero attached hydrogens (tertiary/aromatic N) is 1. The van der Waals surface area contributed by atoms with E-state index in [0.29, 0.717) is 5.92 Å². The van der Waals surface area contributed by atoms with Crippen molar-refractivity contribution in [3.63, 3.8) is 0 Å². The normalized spacial score (nSPS) is 24.3. The first kappa shape index (κ1) is 15.3. The first-order valence-electron chi connectivity index (χ1n) is 7.67. The van der Waals surface area contributed by atoms with Crippen LogP contribution < -0.4 is 10.5 Å². The standard InChI is InChI=1S/C17H28N2O/c1-5-6-11-19(4)12-14-16(18)13-9-7-8-10-15(13)20-17(14,2)3/h7-10,14,16H,5-6,11-12,18H2,1-4H3. The van der Waals surface area contributed by atoms with Crippen LogP contribution in [0.1, 0.15) is 45.2 Å². The first-order valence-corrected chi connectivity index (χ1v) is 7.67. The molecule has 112 valence electrons. The Morgan fingerprint density at radius 3 is 2.70 bits per heavy atom. The molecule has 1 aliphatic rings. The lowest BCUT2D eigenvalue weighted by Crippen LogP contribution is -2.51. The lowest BCUT2D eigenvalue weighted by Gasteiger charge is -2.45. The Kier molecular flexibility index (Phi) is 4.71. The van der Waals surface area contributed by atoms with Crippen LogP contribution in [0.3, 0.4) is 0 Å². The van der Waals surface area contributed by atoms with Crippen LogP contribution in [-0.2, 0) is 0 Å². The molecule has 1 heterocycles. The van der Waals surface area contributed by atoms with Crippen molar-refractivity contribution in [3.05, 3.63) is 29.8 Å². The van der Waals surface area contributed by atoms with Crippen LogP contribution in [-0.4, -0.2) is 30.6 Å². The van der Waals surface area contributed by atoms with E-state index in [1.165, 1.54) is 12.8 Å². The Bertz CT molecular complexity index is 444. The van der Waals surface area contributed by atoms with Gasteiger partial charge in [0.05, 0.1) is 0 Å². The first-order chi connectivity index (χ1) is 9.45. The minimum absolute atomic E-state index is 0.0408. The van der Waals surface area contributed by atoms with Crippen LogP contribution in [0.2, 0.25) is 0 Å². The summed E-state index contributed by atoms with van der Waals surface area (Å²) in [5.74, 6) is 1.25. The largest absolute Gasteiger partial charge is 0.487 e. The van der Waals surface area contributed by atoms with Crippen LogP contribution in [0.25, 0.3) is 0 Å². The third-order valence-corrected chi connectivity index (χ3v) is 4.38. The summed E-state index contributed by atoms with van der Waals surface area (Å²) in [5, 5.41) is 0. The number of benzene rings is 1. The predicted octanol–water partition coefficient (Wildman–Crippen LogP) is 3.21. The van der Waals surface area contributed by atoms with Gasteiger partial charge in [0, 0.05) is 24.1 Å². The van der Waals surface area contributed by atoms with Crippen LogP contribution in [0.5, 0.6) is 5.75 Å². The molecule has 1 aromatic carbocycles. The topological polar surface area (TPSA) is 38.5 Å². The van der Waals surface area contributed by atoms with E-state index in [0.717, 1.165) is 24.4 Å². The molecule has 0 spiro atoms. The summed E-state index contributed by atoms with van der Waals surface area (Å²) < 4.78 is 6.20. The second-order valence-corrected chi connectivity index (χ2v) is 6.49. The van der Waals surface area contributed by atoms with Crippen molar-refractivity contribution in [1.29, 1.82) is 0 Å². The number of hydrogen-bond acceptors (Lipinski definition) is 3. The number of rotatable bonds is 5. The van der Waals surface area contributed by atoms with Crippen LogP contribution in [0.15, 0.2) is 24.3 Å². The number of nitrogens with two attached hydrogens (primary N) is 1. The molecule has 0 saturated carbocycles. The van der Waals surface area contributed by atoms with Gasteiger partial charge in [-0.1, -0.05) is 31.5 Å². The third-order valence-electron chi connectivity index (χ3n) is 4.38. The Labute approximate surface area is 123 Å². The molecule has 2 atom stereocenters. The summed E-state index contributed by atoms with van der Waals surface area (Å²) in [6, 6.07) is 8.20. The van der Waals surface area contributed by atoms with Crippen molar-refractivity contribution in [1.82, 2.24) is 4.90 Å². The van der Waals surface area contributed by atoms with Crippen LogP contribution >= 0.6 is 0 Å². The lowest BCUT2D eigenvalue weighted by atomic mass is 9.78.